The summed E-state index contributed by atoms with van der Waals surface area (Å²) in [7, 11) is 5.11. The van der Waals surface area contributed by atoms with Gasteiger partial charge in [-0.3, -0.25) is 24.1 Å². The van der Waals surface area contributed by atoms with Crippen molar-refractivity contribution < 1.29 is 43.3 Å². The van der Waals surface area contributed by atoms with Gasteiger partial charge in [-0.2, -0.15) is 0 Å². The number of aromatic nitrogens is 1. The molecule has 0 fully saturated rings. The number of carboxylic acids is 1. The van der Waals surface area contributed by atoms with Crippen molar-refractivity contribution in [1.29, 1.82) is 0 Å². The number of esters is 1. The SMILES string of the molecule is C/C(=C\[C@H](C(C)C)N(C)C(=O)[C@@H](NC(=O)[C@@H](N(C)C(=O)OC(C)(C)C)C(C)(C)c1cn(C)c2c1C=CCC2)C(C)(C)C)C(=O)N[C@H](CCC(=O)O)C(=O)OC(C)(C)C. The van der Waals surface area contributed by atoms with Gasteiger partial charge in [0, 0.05) is 50.4 Å². The Morgan fingerprint density at radius 2 is 1.47 bits per heavy atom. The predicted molar refractivity (Wildman–Crippen MR) is 225 cm³/mol. The molecule has 14 nitrogen and oxygen atoms in total. The zero-order valence-corrected chi connectivity index (χ0v) is 38.1. The van der Waals surface area contributed by atoms with E-state index in [0.717, 1.165) is 29.7 Å². The van der Waals surface area contributed by atoms with Gasteiger partial charge in [0.05, 0.1) is 6.04 Å². The summed E-state index contributed by atoms with van der Waals surface area (Å²) >= 11 is 0. The molecule has 0 saturated carbocycles. The number of hydrogen-bond donors (Lipinski definition) is 3. The molecule has 0 bridgehead atoms. The molecule has 326 valence electrons. The van der Waals surface area contributed by atoms with Gasteiger partial charge in [0.2, 0.25) is 17.7 Å². The highest BCUT2D eigenvalue weighted by Gasteiger charge is 2.47. The smallest absolute Gasteiger partial charge is 0.410 e. The van der Waals surface area contributed by atoms with Crippen LogP contribution in [0.3, 0.4) is 0 Å². The fourth-order valence-electron chi connectivity index (χ4n) is 7.16. The first-order valence-corrected chi connectivity index (χ1v) is 20.1. The normalized spacial score (nSPS) is 15.7. The Balaban J connectivity index is 2.56. The summed E-state index contributed by atoms with van der Waals surface area (Å²) in [6.07, 6.45) is 8.29. The lowest BCUT2D eigenvalue weighted by atomic mass is 9.74. The Bertz CT molecular complexity index is 1750. The molecule has 1 aliphatic carbocycles. The number of hydrogen-bond acceptors (Lipinski definition) is 8. The van der Waals surface area contributed by atoms with Crippen LogP contribution in [0.25, 0.3) is 6.08 Å². The largest absolute Gasteiger partial charge is 0.481 e. The number of carboxylic acid groups (broad SMARTS) is 1. The van der Waals surface area contributed by atoms with Crippen molar-refractivity contribution in [3.05, 3.63) is 40.7 Å². The molecule has 4 amide bonds. The molecular formula is C44H71N5O9. The van der Waals surface area contributed by atoms with Crippen LogP contribution >= 0.6 is 0 Å². The summed E-state index contributed by atoms with van der Waals surface area (Å²) < 4.78 is 13.3. The van der Waals surface area contributed by atoms with E-state index < -0.39 is 82.0 Å². The molecule has 0 aliphatic heterocycles. The van der Waals surface area contributed by atoms with E-state index in [0.29, 0.717) is 0 Å². The van der Waals surface area contributed by atoms with Crippen molar-refractivity contribution in [2.45, 2.75) is 163 Å². The molecule has 2 rings (SSSR count). The molecule has 0 radical (unpaired) electrons. The van der Waals surface area contributed by atoms with Crippen LogP contribution in [0.5, 0.6) is 0 Å². The summed E-state index contributed by atoms with van der Waals surface area (Å²) in [5, 5.41) is 14.9. The van der Waals surface area contributed by atoms with Crippen LogP contribution < -0.4 is 10.6 Å². The van der Waals surface area contributed by atoms with E-state index in [-0.39, 0.29) is 24.3 Å². The highest BCUT2D eigenvalue weighted by molar-refractivity contribution is 5.96. The predicted octanol–water partition coefficient (Wildman–Crippen LogP) is 6.15. The third-order valence-corrected chi connectivity index (χ3v) is 10.2. The Hall–Kier alpha value is -4.62. The van der Waals surface area contributed by atoms with Crippen LogP contribution in [0.4, 0.5) is 4.79 Å². The number of rotatable bonds is 15. The topological polar surface area (TPSA) is 177 Å². The summed E-state index contributed by atoms with van der Waals surface area (Å²) in [4.78, 5) is 83.8. The first-order chi connectivity index (χ1) is 26.3. The molecule has 1 aromatic heterocycles. The van der Waals surface area contributed by atoms with Gasteiger partial charge in [-0.25, -0.2) is 9.59 Å². The van der Waals surface area contributed by atoms with E-state index in [4.69, 9.17) is 9.47 Å². The van der Waals surface area contributed by atoms with E-state index in [1.807, 2.05) is 61.7 Å². The third-order valence-electron chi connectivity index (χ3n) is 10.2. The number of aliphatic carboxylic acids is 1. The lowest BCUT2D eigenvalue weighted by molar-refractivity contribution is -0.158. The fourth-order valence-corrected chi connectivity index (χ4v) is 7.16. The van der Waals surface area contributed by atoms with Crippen LogP contribution in [0, 0.1) is 11.3 Å². The number of amides is 4. The van der Waals surface area contributed by atoms with Gasteiger partial charge in [0.15, 0.2) is 0 Å². The monoisotopic (exact) mass is 814 g/mol. The summed E-state index contributed by atoms with van der Waals surface area (Å²) in [6.45, 7) is 25.0. The second-order valence-electron chi connectivity index (χ2n) is 19.5. The van der Waals surface area contributed by atoms with E-state index in [1.54, 1.807) is 61.6 Å². The first kappa shape index (κ1) is 49.5. The number of carbonyl (C=O) groups is 6. The van der Waals surface area contributed by atoms with Crippen LogP contribution in [0.15, 0.2) is 23.9 Å². The highest BCUT2D eigenvalue weighted by atomic mass is 16.6. The van der Waals surface area contributed by atoms with Crippen LogP contribution in [-0.4, -0.2) is 105 Å². The molecular weight excluding hydrogens is 743 g/mol. The molecule has 0 saturated heterocycles. The summed E-state index contributed by atoms with van der Waals surface area (Å²) in [5.41, 5.74) is -0.261. The van der Waals surface area contributed by atoms with Crippen LogP contribution in [0.2, 0.25) is 0 Å². The maximum atomic E-state index is 14.8. The third kappa shape index (κ3) is 13.2. The number of nitrogens with one attached hydrogen (secondary N) is 2. The van der Waals surface area contributed by atoms with Crippen LogP contribution in [0.1, 0.15) is 133 Å². The minimum atomic E-state index is -1.21. The first-order valence-electron chi connectivity index (χ1n) is 20.1. The van der Waals surface area contributed by atoms with Gasteiger partial charge in [-0.15, -0.1) is 0 Å². The number of nitrogens with zero attached hydrogens (tertiary/aromatic N) is 3. The molecule has 58 heavy (non-hydrogen) atoms. The molecule has 1 aromatic rings. The van der Waals surface area contributed by atoms with Gasteiger partial charge in [0.1, 0.15) is 29.3 Å². The van der Waals surface area contributed by atoms with E-state index >= 15 is 0 Å². The molecule has 0 aromatic carbocycles. The average molecular weight is 814 g/mol. The maximum Gasteiger partial charge on any atom is 0.410 e. The second-order valence-corrected chi connectivity index (χ2v) is 19.5. The number of allylic oxidation sites excluding steroid dienone is 1. The van der Waals surface area contributed by atoms with E-state index in [1.165, 1.54) is 16.8 Å². The minimum Gasteiger partial charge on any atom is -0.481 e. The van der Waals surface area contributed by atoms with Crippen molar-refractivity contribution in [3.63, 3.8) is 0 Å². The van der Waals surface area contributed by atoms with Gasteiger partial charge in [0.25, 0.3) is 0 Å². The fraction of sp³-hybridized carbons (Fsp3) is 0.682. The van der Waals surface area contributed by atoms with Crippen molar-refractivity contribution in [3.8, 4) is 0 Å². The molecule has 0 spiro atoms. The maximum absolute atomic E-state index is 14.8. The van der Waals surface area contributed by atoms with Crippen molar-refractivity contribution in [1.82, 2.24) is 25.0 Å². The molecule has 1 heterocycles. The standard InChI is InChI=1S/C44H71N5O9/c1-26(2)32(24-27(3)36(52)45-30(22-23-33(50)51)39(55)57-42(7,8)9)48(16)38(54)34(41(4,5)6)46-37(53)35(49(17)40(56)58-43(10,11)12)44(13,14)29-25-47(15)31-21-19-18-20-28(29)31/h18,20,24-26,30,32,34-35H,19,21-23H2,1-17H3,(H,45,52)(H,46,53)(H,50,51)/b27-24+/t30-,32-,34-,35-/m1/s1. The quantitative estimate of drug-likeness (QED) is 0.139. The Morgan fingerprint density at radius 1 is 0.897 bits per heavy atom. The van der Waals surface area contributed by atoms with E-state index in [9.17, 15) is 33.9 Å². The lowest BCUT2D eigenvalue weighted by Crippen LogP contribution is -2.63. The summed E-state index contributed by atoms with van der Waals surface area (Å²) in [5.74, 6) is -3.68. The molecule has 14 heteroatoms. The average Bonchev–Trinajstić information content (AvgIpc) is 3.41. The summed E-state index contributed by atoms with van der Waals surface area (Å²) in [6, 6.07) is -4.04. The minimum absolute atomic E-state index is 0.174. The molecule has 4 atom stereocenters. The molecule has 0 unspecified atom stereocenters. The van der Waals surface area contributed by atoms with Gasteiger partial charge in [-0.1, -0.05) is 66.7 Å². The van der Waals surface area contributed by atoms with Gasteiger partial charge >= 0.3 is 18.0 Å². The number of carbonyl (C=O) groups excluding carboxylic acids is 5. The highest BCUT2D eigenvalue weighted by Crippen LogP contribution is 2.38. The second kappa shape index (κ2) is 19.0. The Labute approximate surface area is 346 Å². The zero-order chi connectivity index (χ0) is 44.9. The van der Waals surface area contributed by atoms with Gasteiger partial charge in [-0.05, 0) is 90.2 Å². The number of aryl methyl sites for hydroxylation is 1. The van der Waals surface area contributed by atoms with Gasteiger partial charge < -0.3 is 34.7 Å². The van der Waals surface area contributed by atoms with Crippen molar-refractivity contribution in [2.75, 3.05) is 14.1 Å². The lowest BCUT2D eigenvalue weighted by Gasteiger charge is -2.42. The zero-order valence-electron chi connectivity index (χ0n) is 38.1. The molecule has 1 aliphatic rings. The number of likely N-dealkylation sites (N-methyl/N-ethyl adjacent to an activating group) is 2. The van der Waals surface area contributed by atoms with Crippen molar-refractivity contribution in [2.24, 2.45) is 18.4 Å². The van der Waals surface area contributed by atoms with Crippen molar-refractivity contribution >= 4 is 41.8 Å². The number of ether oxygens (including phenoxy) is 2. The van der Waals surface area contributed by atoms with E-state index in [2.05, 4.69) is 27.4 Å². The van der Waals surface area contributed by atoms with Crippen LogP contribution in [-0.2, 0) is 52.3 Å². The number of fused-ring (bicyclic) bond motifs is 1. The molecule has 3 N–H and O–H groups in total. The Morgan fingerprint density at radius 3 is 1.97 bits per heavy atom. The Kier molecular flexibility index (Phi) is 16.2.